The molecule has 1 heterocycles. The molecule has 0 saturated carbocycles. The van der Waals surface area contributed by atoms with Crippen molar-refractivity contribution in [3.8, 4) is 0 Å². The number of ether oxygens (including phenoxy) is 1. The quantitative estimate of drug-likeness (QED) is 0.778. The van der Waals surface area contributed by atoms with Gasteiger partial charge in [-0.2, -0.15) is 0 Å². The van der Waals surface area contributed by atoms with E-state index >= 15 is 0 Å². The highest BCUT2D eigenvalue weighted by Gasteiger charge is 2.34. The lowest BCUT2D eigenvalue weighted by Crippen LogP contribution is -2.49. The number of hydrogen-bond acceptors (Lipinski definition) is 3. The van der Waals surface area contributed by atoms with Crippen molar-refractivity contribution in [3.63, 3.8) is 0 Å². The zero-order valence-corrected chi connectivity index (χ0v) is 14.6. The normalized spacial score (nSPS) is 24.6. The van der Waals surface area contributed by atoms with Gasteiger partial charge in [-0.15, -0.1) is 0 Å². The van der Waals surface area contributed by atoms with Gasteiger partial charge in [-0.05, 0) is 37.8 Å². The standard InChI is InChI=1S/C17H36N2O/c1-15(2)10-18-11-17(8-7-9-20-14-17)13-19(6)12-16(3,4)5/h15,18H,7-14H2,1-6H3. The van der Waals surface area contributed by atoms with Crippen molar-refractivity contribution in [1.82, 2.24) is 10.2 Å². The number of rotatable bonds is 7. The van der Waals surface area contributed by atoms with Gasteiger partial charge in [0.2, 0.25) is 0 Å². The van der Waals surface area contributed by atoms with Gasteiger partial charge in [0, 0.05) is 31.7 Å². The molecule has 0 radical (unpaired) electrons. The van der Waals surface area contributed by atoms with Gasteiger partial charge in [-0.1, -0.05) is 34.6 Å². The van der Waals surface area contributed by atoms with Gasteiger partial charge < -0.3 is 15.0 Å². The van der Waals surface area contributed by atoms with E-state index < -0.39 is 0 Å². The maximum Gasteiger partial charge on any atom is 0.0546 e. The van der Waals surface area contributed by atoms with Gasteiger partial charge in [0.25, 0.3) is 0 Å². The number of hydrogen-bond donors (Lipinski definition) is 1. The van der Waals surface area contributed by atoms with E-state index in [2.05, 4.69) is 51.9 Å². The predicted octanol–water partition coefficient (Wildman–Crippen LogP) is 3.01. The summed E-state index contributed by atoms with van der Waals surface area (Å²) in [5.74, 6) is 0.712. The first-order chi connectivity index (χ1) is 9.22. The van der Waals surface area contributed by atoms with Crippen molar-refractivity contribution in [3.05, 3.63) is 0 Å². The van der Waals surface area contributed by atoms with Crippen LogP contribution in [0.2, 0.25) is 0 Å². The zero-order chi connectivity index (χ0) is 15.2. The highest BCUT2D eigenvalue weighted by Crippen LogP contribution is 2.30. The molecule has 0 aromatic rings. The lowest BCUT2D eigenvalue weighted by molar-refractivity contribution is -0.0262. The molecule has 0 bridgehead atoms. The Hall–Kier alpha value is -0.120. The summed E-state index contributed by atoms with van der Waals surface area (Å²) in [4.78, 5) is 2.49. The van der Waals surface area contributed by atoms with Gasteiger partial charge in [0.15, 0.2) is 0 Å². The van der Waals surface area contributed by atoms with Gasteiger partial charge in [0.05, 0.1) is 6.61 Å². The molecule has 0 aromatic carbocycles. The van der Waals surface area contributed by atoms with Crippen LogP contribution in [-0.2, 0) is 4.74 Å². The predicted molar refractivity (Wildman–Crippen MR) is 87.1 cm³/mol. The highest BCUT2D eigenvalue weighted by atomic mass is 16.5. The molecule has 1 aliphatic heterocycles. The first-order valence-corrected chi connectivity index (χ1v) is 8.19. The van der Waals surface area contributed by atoms with Crippen molar-refractivity contribution < 1.29 is 4.74 Å². The molecular weight excluding hydrogens is 248 g/mol. The molecule has 3 heteroatoms. The van der Waals surface area contributed by atoms with E-state index in [-0.39, 0.29) is 0 Å². The molecule has 0 aromatic heterocycles. The molecule has 1 saturated heterocycles. The van der Waals surface area contributed by atoms with Crippen LogP contribution in [0.4, 0.5) is 0 Å². The third kappa shape index (κ3) is 7.05. The van der Waals surface area contributed by atoms with Crippen LogP contribution in [0.3, 0.4) is 0 Å². The molecule has 120 valence electrons. The Bertz CT molecular complexity index is 265. The van der Waals surface area contributed by atoms with Crippen LogP contribution in [0.1, 0.15) is 47.5 Å². The Balaban J connectivity index is 2.54. The second kappa shape index (κ2) is 7.77. The minimum atomic E-state index is 0.299. The van der Waals surface area contributed by atoms with E-state index in [0.29, 0.717) is 16.7 Å². The van der Waals surface area contributed by atoms with Crippen LogP contribution in [0.5, 0.6) is 0 Å². The minimum absolute atomic E-state index is 0.299. The average Bonchev–Trinajstić information content (AvgIpc) is 2.26. The molecule has 1 N–H and O–H groups in total. The summed E-state index contributed by atoms with van der Waals surface area (Å²) in [7, 11) is 2.25. The van der Waals surface area contributed by atoms with Crippen LogP contribution < -0.4 is 5.32 Å². The fourth-order valence-electron chi connectivity index (χ4n) is 3.29. The van der Waals surface area contributed by atoms with E-state index in [9.17, 15) is 0 Å². The second-order valence-electron chi connectivity index (χ2n) is 8.41. The smallest absolute Gasteiger partial charge is 0.0546 e. The summed E-state index contributed by atoms with van der Waals surface area (Å²) in [5, 5.41) is 3.66. The van der Waals surface area contributed by atoms with Crippen LogP contribution in [-0.4, -0.2) is 51.3 Å². The third-order valence-electron chi connectivity index (χ3n) is 3.81. The Labute approximate surface area is 126 Å². The van der Waals surface area contributed by atoms with Crippen LogP contribution >= 0.6 is 0 Å². The number of nitrogens with one attached hydrogen (secondary N) is 1. The van der Waals surface area contributed by atoms with Gasteiger partial charge in [0.1, 0.15) is 0 Å². The molecule has 0 amide bonds. The van der Waals surface area contributed by atoms with E-state index in [4.69, 9.17) is 4.74 Å². The van der Waals surface area contributed by atoms with Gasteiger partial charge in [-0.25, -0.2) is 0 Å². The topological polar surface area (TPSA) is 24.5 Å². The summed E-state index contributed by atoms with van der Waals surface area (Å²) in [6.07, 6.45) is 2.49. The fourth-order valence-corrected chi connectivity index (χ4v) is 3.29. The maximum atomic E-state index is 5.81. The Morgan fingerprint density at radius 2 is 2.00 bits per heavy atom. The molecule has 0 aliphatic carbocycles. The molecule has 1 fully saturated rings. The molecule has 1 atom stereocenters. The lowest BCUT2D eigenvalue weighted by atomic mass is 9.81. The van der Waals surface area contributed by atoms with Crippen LogP contribution in [0, 0.1) is 16.7 Å². The number of nitrogens with zero attached hydrogens (tertiary/aromatic N) is 1. The summed E-state index contributed by atoms with van der Waals surface area (Å²) in [5.41, 5.74) is 0.657. The summed E-state index contributed by atoms with van der Waals surface area (Å²) < 4.78 is 5.81. The zero-order valence-electron chi connectivity index (χ0n) is 14.6. The molecule has 0 spiro atoms. The lowest BCUT2D eigenvalue weighted by Gasteiger charge is -2.41. The highest BCUT2D eigenvalue weighted by molar-refractivity contribution is 4.87. The van der Waals surface area contributed by atoms with E-state index in [1.54, 1.807) is 0 Å². The van der Waals surface area contributed by atoms with Crippen molar-refractivity contribution >= 4 is 0 Å². The van der Waals surface area contributed by atoms with Crippen molar-refractivity contribution in [2.45, 2.75) is 47.5 Å². The largest absolute Gasteiger partial charge is 0.381 e. The SMILES string of the molecule is CC(C)CNCC1(CN(C)CC(C)(C)C)CCCOC1. The average molecular weight is 284 g/mol. The molecule has 20 heavy (non-hydrogen) atoms. The van der Waals surface area contributed by atoms with E-state index in [1.807, 2.05) is 0 Å². The van der Waals surface area contributed by atoms with Gasteiger partial charge >= 0.3 is 0 Å². The Morgan fingerprint density at radius 1 is 1.30 bits per heavy atom. The van der Waals surface area contributed by atoms with Crippen LogP contribution in [0.15, 0.2) is 0 Å². The summed E-state index contributed by atoms with van der Waals surface area (Å²) in [6.45, 7) is 17.8. The first-order valence-electron chi connectivity index (χ1n) is 8.19. The molecule has 3 nitrogen and oxygen atoms in total. The maximum absolute atomic E-state index is 5.81. The fraction of sp³-hybridized carbons (Fsp3) is 1.00. The Kier molecular flexibility index (Phi) is 6.96. The second-order valence-corrected chi connectivity index (χ2v) is 8.41. The van der Waals surface area contributed by atoms with Gasteiger partial charge in [-0.3, -0.25) is 0 Å². The molecule has 1 rings (SSSR count). The van der Waals surface area contributed by atoms with Crippen molar-refractivity contribution in [1.29, 1.82) is 0 Å². The molecule has 1 unspecified atom stereocenters. The van der Waals surface area contributed by atoms with Crippen molar-refractivity contribution in [2.75, 3.05) is 46.4 Å². The minimum Gasteiger partial charge on any atom is -0.381 e. The first kappa shape index (κ1) is 17.9. The summed E-state index contributed by atoms with van der Waals surface area (Å²) in [6, 6.07) is 0. The van der Waals surface area contributed by atoms with E-state index in [0.717, 1.165) is 39.4 Å². The monoisotopic (exact) mass is 284 g/mol. The third-order valence-corrected chi connectivity index (χ3v) is 3.81. The molecule has 1 aliphatic rings. The Morgan fingerprint density at radius 3 is 2.50 bits per heavy atom. The van der Waals surface area contributed by atoms with Crippen LogP contribution in [0.25, 0.3) is 0 Å². The van der Waals surface area contributed by atoms with E-state index in [1.165, 1.54) is 12.8 Å². The molecular formula is C17H36N2O. The summed E-state index contributed by atoms with van der Waals surface area (Å²) >= 11 is 0. The van der Waals surface area contributed by atoms with Crippen molar-refractivity contribution in [2.24, 2.45) is 16.7 Å².